The highest BCUT2D eigenvalue weighted by atomic mass is 15.5. The lowest BCUT2D eigenvalue weighted by molar-refractivity contribution is 0.709. The van der Waals surface area contributed by atoms with Crippen molar-refractivity contribution in [3.05, 3.63) is 108 Å². The Morgan fingerprint density at radius 1 is 0.720 bits per heavy atom. The fourth-order valence-electron chi connectivity index (χ4n) is 3.14. The zero-order valence-corrected chi connectivity index (χ0v) is 14.0. The second kappa shape index (κ2) is 7.18. The van der Waals surface area contributed by atoms with Crippen LogP contribution in [0.5, 0.6) is 0 Å². The quantitative estimate of drug-likeness (QED) is 0.600. The van der Waals surface area contributed by atoms with E-state index < -0.39 is 0 Å². The Labute approximate surface area is 148 Å². The van der Waals surface area contributed by atoms with Crippen molar-refractivity contribution in [3.8, 4) is 0 Å². The minimum Gasteiger partial charge on any atom is -0.257 e. The number of anilines is 1. The van der Waals surface area contributed by atoms with Crippen molar-refractivity contribution in [1.82, 2.24) is 0 Å². The third-order valence-electron chi connectivity index (χ3n) is 4.41. The topological polar surface area (TPSA) is 15.6 Å². The van der Waals surface area contributed by atoms with Crippen LogP contribution in [0.1, 0.15) is 23.6 Å². The van der Waals surface area contributed by atoms with Gasteiger partial charge in [-0.15, -0.1) is 0 Å². The lowest BCUT2D eigenvalue weighted by atomic mass is 10.0. The van der Waals surface area contributed by atoms with Crippen LogP contribution in [0.2, 0.25) is 0 Å². The summed E-state index contributed by atoms with van der Waals surface area (Å²) < 4.78 is 0. The first kappa shape index (κ1) is 15.4. The van der Waals surface area contributed by atoms with Crippen LogP contribution in [-0.4, -0.2) is 5.71 Å². The molecule has 25 heavy (non-hydrogen) atoms. The molecule has 0 N–H and O–H groups in total. The van der Waals surface area contributed by atoms with Crippen LogP contribution in [0.3, 0.4) is 0 Å². The van der Waals surface area contributed by atoms with E-state index in [1.807, 2.05) is 12.1 Å². The highest BCUT2D eigenvalue weighted by Gasteiger charge is 2.27. The van der Waals surface area contributed by atoms with Gasteiger partial charge in [0.15, 0.2) is 0 Å². The summed E-state index contributed by atoms with van der Waals surface area (Å²) in [5, 5.41) is 7.03. The molecule has 3 aromatic rings. The van der Waals surface area contributed by atoms with Crippen LogP contribution in [-0.2, 0) is 0 Å². The van der Waals surface area contributed by atoms with Gasteiger partial charge in [0.2, 0.25) is 0 Å². The van der Waals surface area contributed by atoms with Gasteiger partial charge < -0.3 is 0 Å². The first-order valence-electron chi connectivity index (χ1n) is 8.60. The molecule has 0 aliphatic carbocycles. The number of benzene rings is 3. The smallest absolute Gasteiger partial charge is 0.0831 e. The standard InChI is InChI=1S/C23H20N2/c1-4-10-19(11-5-1)16-17-21-18-23(20-12-6-2-7-13-20)25(24-21)22-14-8-3-9-15-22/h1-17,23H,18H2/b17-16-/t23-/m1/s1. The van der Waals surface area contributed by atoms with E-state index in [9.17, 15) is 0 Å². The van der Waals surface area contributed by atoms with Gasteiger partial charge in [-0.3, -0.25) is 5.01 Å². The van der Waals surface area contributed by atoms with Crippen molar-refractivity contribution < 1.29 is 0 Å². The van der Waals surface area contributed by atoms with E-state index in [2.05, 4.69) is 96.0 Å². The largest absolute Gasteiger partial charge is 0.257 e. The Bertz CT molecular complexity index is 868. The van der Waals surface area contributed by atoms with E-state index in [-0.39, 0.29) is 6.04 Å². The van der Waals surface area contributed by atoms with Gasteiger partial charge in [0.05, 0.1) is 17.4 Å². The summed E-state index contributed by atoms with van der Waals surface area (Å²) in [4.78, 5) is 0. The van der Waals surface area contributed by atoms with Gasteiger partial charge in [-0.2, -0.15) is 5.10 Å². The molecule has 0 radical (unpaired) electrons. The number of nitrogens with zero attached hydrogens (tertiary/aromatic N) is 2. The molecule has 2 heteroatoms. The van der Waals surface area contributed by atoms with Crippen LogP contribution in [0.25, 0.3) is 6.08 Å². The molecule has 1 aliphatic heterocycles. The molecule has 3 aromatic carbocycles. The summed E-state index contributed by atoms with van der Waals surface area (Å²) in [5.41, 5.74) is 4.71. The number of allylic oxidation sites excluding steroid dienone is 1. The van der Waals surface area contributed by atoms with E-state index in [0.717, 1.165) is 17.8 Å². The van der Waals surface area contributed by atoms with Gasteiger partial charge in [-0.05, 0) is 29.3 Å². The maximum Gasteiger partial charge on any atom is 0.0831 e. The number of rotatable bonds is 4. The van der Waals surface area contributed by atoms with Gasteiger partial charge in [0.1, 0.15) is 0 Å². The molecule has 0 saturated carbocycles. The minimum absolute atomic E-state index is 0.235. The van der Waals surface area contributed by atoms with Gasteiger partial charge in [-0.1, -0.05) is 84.9 Å². The summed E-state index contributed by atoms with van der Waals surface area (Å²) in [6.45, 7) is 0. The maximum atomic E-state index is 4.89. The zero-order chi connectivity index (χ0) is 16.9. The molecule has 0 aromatic heterocycles. The van der Waals surface area contributed by atoms with Crippen LogP contribution in [0.4, 0.5) is 5.69 Å². The van der Waals surface area contributed by atoms with Crippen LogP contribution < -0.4 is 5.01 Å². The normalized spacial score (nSPS) is 17.0. The molecule has 0 spiro atoms. The number of hydrogen-bond acceptors (Lipinski definition) is 2. The Kier molecular flexibility index (Phi) is 4.42. The van der Waals surface area contributed by atoms with Crippen molar-refractivity contribution in [3.63, 3.8) is 0 Å². The van der Waals surface area contributed by atoms with E-state index in [1.54, 1.807) is 0 Å². The Morgan fingerprint density at radius 3 is 2.00 bits per heavy atom. The molecule has 1 heterocycles. The van der Waals surface area contributed by atoms with E-state index in [0.29, 0.717) is 0 Å². The fourth-order valence-corrected chi connectivity index (χ4v) is 3.14. The van der Waals surface area contributed by atoms with Gasteiger partial charge in [-0.25, -0.2) is 0 Å². The van der Waals surface area contributed by atoms with Crippen molar-refractivity contribution in [2.45, 2.75) is 12.5 Å². The van der Waals surface area contributed by atoms with E-state index in [1.165, 1.54) is 11.1 Å². The average molecular weight is 324 g/mol. The molecule has 2 nitrogen and oxygen atoms in total. The van der Waals surface area contributed by atoms with Crippen molar-refractivity contribution in [2.24, 2.45) is 5.10 Å². The second-order valence-corrected chi connectivity index (χ2v) is 6.15. The molecular weight excluding hydrogens is 304 g/mol. The lowest BCUT2D eigenvalue weighted by Gasteiger charge is -2.23. The summed E-state index contributed by atoms with van der Waals surface area (Å²) in [5.74, 6) is 0. The zero-order valence-electron chi connectivity index (χ0n) is 14.0. The van der Waals surface area contributed by atoms with E-state index in [4.69, 9.17) is 5.10 Å². The molecule has 1 atom stereocenters. The molecule has 4 rings (SSSR count). The molecule has 0 unspecified atom stereocenters. The lowest BCUT2D eigenvalue weighted by Crippen LogP contribution is -2.18. The summed E-state index contributed by atoms with van der Waals surface area (Å²) in [7, 11) is 0. The van der Waals surface area contributed by atoms with Crippen molar-refractivity contribution >= 4 is 17.5 Å². The highest BCUT2D eigenvalue weighted by molar-refractivity contribution is 6.01. The Hall–Kier alpha value is -3.13. The van der Waals surface area contributed by atoms with E-state index >= 15 is 0 Å². The molecule has 122 valence electrons. The third-order valence-corrected chi connectivity index (χ3v) is 4.41. The van der Waals surface area contributed by atoms with Gasteiger partial charge in [0, 0.05) is 6.42 Å². The van der Waals surface area contributed by atoms with Gasteiger partial charge in [0.25, 0.3) is 0 Å². The predicted octanol–water partition coefficient (Wildman–Crippen LogP) is 5.71. The number of hydrogen-bond donors (Lipinski definition) is 0. The summed E-state index contributed by atoms with van der Waals surface area (Å²) >= 11 is 0. The SMILES string of the molecule is C(=C/c1ccccc1)/C1=NN(c2ccccc2)[C@@H](c2ccccc2)C1. The van der Waals surface area contributed by atoms with Gasteiger partial charge >= 0.3 is 0 Å². The second-order valence-electron chi connectivity index (χ2n) is 6.15. The molecule has 0 saturated heterocycles. The fraction of sp³-hybridized carbons (Fsp3) is 0.0870. The third kappa shape index (κ3) is 3.53. The molecular formula is C23H20N2. The van der Waals surface area contributed by atoms with Crippen LogP contribution >= 0.6 is 0 Å². The minimum atomic E-state index is 0.235. The first-order chi connectivity index (χ1) is 12.4. The summed E-state index contributed by atoms with van der Waals surface area (Å²) in [6.07, 6.45) is 5.17. The molecule has 1 aliphatic rings. The molecule has 0 amide bonds. The van der Waals surface area contributed by atoms with Crippen molar-refractivity contribution in [1.29, 1.82) is 0 Å². The Balaban J connectivity index is 1.64. The van der Waals surface area contributed by atoms with Crippen LogP contribution in [0.15, 0.2) is 102 Å². The monoisotopic (exact) mass is 324 g/mol. The van der Waals surface area contributed by atoms with Crippen LogP contribution in [0, 0.1) is 0 Å². The van der Waals surface area contributed by atoms with Crippen molar-refractivity contribution in [2.75, 3.05) is 5.01 Å². The summed E-state index contributed by atoms with van der Waals surface area (Å²) in [6, 6.07) is 31.6. The maximum absolute atomic E-state index is 4.89. The Morgan fingerprint density at radius 2 is 1.32 bits per heavy atom. The highest BCUT2D eigenvalue weighted by Crippen LogP contribution is 2.35. The first-order valence-corrected chi connectivity index (χ1v) is 8.60. The molecule has 0 fully saturated rings. The molecule has 0 bridgehead atoms. The number of hydrazone groups is 1. The average Bonchev–Trinajstić information content (AvgIpc) is 3.13. The predicted molar refractivity (Wildman–Crippen MR) is 106 cm³/mol. The number of para-hydroxylation sites is 1.